The number of nitrogens with two attached hydrogens (primary N) is 1. The van der Waals surface area contributed by atoms with Gasteiger partial charge in [-0.1, -0.05) is 42.5 Å². The summed E-state index contributed by atoms with van der Waals surface area (Å²) in [6, 6.07) is 20.1. The van der Waals surface area contributed by atoms with Crippen LogP contribution in [-0.2, 0) is 6.61 Å². The highest BCUT2D eigenvalue weighted by molar-refractivity contribution is 5.70. The summed E-state index contributed by atoms with van der Waals surface area (Å²) in [6.45, 7) is 2.53. The Balaban J connectivity index is 1.82. The maximum Gasteiger partial charge on any atom is 0.120 e. The van der Waals surface area contributed by atoms with Crippen molar-refractivity contribution in [3.8, 4) is 16.9 Å². The van der Waals surface area contributed by atoms with Crippen molar-refractivity contribution >= 4 is 5.69 Å². The minimum atomic E-state index is 0.554. The van der Waals surface area contributed by atoms with Crippen molar-refractivity contribution in [1.82, 2.24) is 4.98 Å². The molecule has 0 bridgehead atoms. The average molecular weight is 290 g/mol. The van der Waals surface area contributed by atoms with E-state index < -0.39 is 0 Å². The fraction of sp³-hybridized carbons (Fsp3) is 0.105. The smallest absolute Gasteiger partial charge is 0.120 e. The molecule has 0 fully saturated rings. The third-order valence-electron chi connectivity index (χ3n) is 3.50. The number of aromatic nitrogens is 1. The summed E-state index contributed by atoms with van der Waals surface area (Å²) in [5.74, 6) is 0.836. The zero-order chi connectivity index (χ0) is 15.4. The van der Waals surface area contributed by atoms with Crippen LogP contribution in [0.4, 0.5) is 5.69 Å². The fourth-order valence-electron chi connectivity index (χ4n) is 2.34. The number of rotatable bonds is 4. The van der Waals surface area contributed by atoms with Gasteiger partial charge in [0.2, 0.25) is 0 Å². The zero-order valence-electron chi connectivity index (χ0n) is 12.5. The van der Waals surface area contributed by atoms with Crippen LogP contribution in [0.2, 0.25) is 0 Å². The van der Waals surface area contributed by atoms with E-state index in [9.17, 15) is 0 Å². The number of anilines is 1. The molecule has 0 aliphatic heterocycles. The van der Waals surface area contributed by atoms with Gasteiger partial charge in [-0.15, -0.1) is 0 Å². The Bertz CT molecular complexity index is 769. The van der Waals surface area contributed by atoms with Crippen LogP contribution in [0.5, 0.6) is 5.75 Å². The Morgan fingerprint density at radius 3 is 2.64 bits per heavy atom. The maximum atomic E-state index is 5.87. The Morgan fingerprint density at radius 1 is 1.00 bits per heavy atom. The number of benzene rings is 2. The van der Waals surface area contributed by atoms with E-state index in [2.05, 4.69) is 17.1 Å². The number of hydrogen-bond donors (Lipinski definition) is 1. The van der Waals surface area contributed by atoms with Gasteiger partial charge >= 0.3 is 0 Å². The summed E-state index contributed by atoms with van der Waals surface area (Å²) < 4.78 is 5.87. The summed E-state index contributed by atoms with van der Waals surface area (Å²) in [4.78, 5) is 4.31. The van der Waals surface area contributed by atoms with Crippen molar-refractivity contribution in [2.24, 2.45) is 0 Å². The molecule has 0 spiro atoms. The number of ether oxygens (including phenoxy) is 1. The van der Waals surface area contributed by atoms with Gasteiger partial charge < -0.3 is 10.5 Å². The molecule has 1 heterocycles. The number of nitrogen functional groups attached to an aromatic ring is 1. The van der Waals surface area contributed by atoms with Crippen LogP contribution >= 0.6 is 0 Å². The number of aryl methyl sites for hydroxylation is 1. The molecule has 0 aliphatic rings. The molecular formula is C19H18N2O. The summed E-state index contributed by atoms with van der Waals surface area (Å²) in [6.07, 6.45) is 1.68. The van der Waals surface area contributed by atoms with Crippen LogP contribution in [-0.4, -0.2) is 4.98 Å². The second-order valence-corrected chi connectivity index (χ2v) is 5.20. The fourth-order valence-corrected chi connectivity index (χ4v) is 2.34. The average Bonchev–Trinajstić information content (AvgIpc) is 2.56. The van der Waals surface area contributed by atoms with Crippen molar-refractivity contribution in [2.75, 3.05) is 5.73 Å². The lowest BCUT2D eigenvalue weighted by Gasteiger charge is -2.10. The highest BCUT2D eigenvalue weighted by Gasteiger charge is 2.05. The molecule has 2 aromatic carbocycles. The third-order valence-corrected chi connectivity index (χ3v) is 3.50. The van der Waals surface area contributed by atoms with E-state index in [-0.39, 0.29) is 0 Å². The first-order chi connectivity index (χ1) is 10.7. The Kier molecular flexibility index (Phi) is 4.05. The molecule has 0 saturated heterocycles. The van der Waals surface area contributed by atoms with Gasteiger partial charge in [0.1, 0.15) is 12.4 Å². The first-order valence-corrected chi connectivity index (χ1v) is 7.21. The zero-order valence-corrected chi connectivity index (χ0v) is 12.5. The maximum absolute atomic E-state index is 5.87. The summed E-state index contributed by atoms with van der Waals surface area (Å²) in [5, 5.41) is 0. The molecule has 3 heteroatoms. The molecule has 0 saturated carbocycles. The topological polar surface area (TPSA) is 48.1 Å². The van der Waals surface area contributed by atoms with E-state index in [1.807, 2.05) is 55.5 Å². The number of pyridine rings is 1. The van der Waals surface area contributed by atoms with Crippen molar-refractivity contribution in [3.05, 3.63) is 78.1 Å². The van der Waals surface area contributed by atoms with Crippen molar-refractivity contribution in [2.45, 2.75) is 13.5 Å². The van der Waals surface area contributed by atoms with Crippen molar-refractivity contribution in [1.29, 1.82) is 0 Å². The summed E-state index contributed by atoms with van der Waals surface area (Å²) in [7, 11) is 0. The highest BCUT2D eigenvalue weighted by Crippen LogP contribution is 2.27. The first kappa shape index (κ1) is 14.1. The molecule has 3 nitrogen and oxygen atoms in total. The Labute approximate surface area is 130 Å². The standard InChI is InChI=1S/C19H18N2O/c1-14-19(11-17(20)12-21-14)16-8-5-9-18(10-16)22-13-15-6-3-2-4-7-15/h2-12H,13,20H2,1H3. The van der Waals surface area contributed by atoms with E-state index in [4.69, 9.17) is 10.5 Å². The lowest BCUT2D eigenvalue weighted by Crippen LogP contribution is -1.96. The SMILES string of the molecule is Cc1ncc(N)cc1-c1cccc(OCc2ccccc2)c1. The van der Waals surface area contributed by atoms with Gasteiger partial charge in [0.05, 0.1) is 11.9 Å². The van der Waals surface area contributed by atoms with Crippen molar-refractivity contribution in [3.63, 3.8) is 0 Å². The summed E-state index contributed by atoms with van der Waals surface area (Å²) >= 11 is 0. The minimum absolute atomic E-state index is 0.554. The molecule has 2 N–H and O–H groups in total. The molecular weight excluding hydrogens is 272 g/mol. The molecule has 0 aliphatic carbocycles. The quantitative estimate of drug-likeness (QED) is 0.782. The number of nitrogens with zero attached hydrogens (tertiary/aromatic N) is 1. The van der Waals surface area contributed by atoms with Gasteiger partial charge in [-0.3, -0.25) is 4.98 Å². The van der Waals surface area contributed by atoms with Gasteiger partial charge in [0.15, 0.2) is 0 Å². The molecule has 0 unspecified atom stereocenters. The van der Waals surface area contributed by atoms with Gasteiger partial charge in [0, 0.05) is 11.3 Å². The van der Waals surface area contributed by atoms with Crippen LogP contribution in [0, 0.1) is 6.92 Å². The van der Waals surface area contributed by atoms with Gasteiger partial charge in [0.25, 0.3) is 0 Å². The lowest BCUT2D eigenvalue weighted by molar-refractivity contribution is 0.306. The van der Waals surface area contributed by atoms with Crippen LogP contribution in [0.25, 0.3) is 11.1 Å². The molecule has 22 heavy (non-hydrogen) atoms. The molecule has 3 rings (SSSR count). The second-order valence-electron chi connectivity index (χ2n) is 5.20. The van der Waals surface area contributed by atoms with Gasteiger partial charge in [-0.25, -0.2) is 0 Å². The van der Waals surface area contributed by atoms with E-state index in [1.165, 1.54) is 0 Å². The van der Waals surface area contributed by atoms with E-state index in [0.717, 1.165) is 28.1 Å². The van der Waals surface area contributed by atoms with Crippen LogP contribution < -0.4 is 10.5 Å². The summed E-state index contributed by atoms with van der Waals surface area (Å²) in [5.41, 5.74) is 10.7. The van der Waals surface area contributed by atoms with Gasteiger partial charge in [-0.2, -0.15) is 0 Å². The van der Waals surface area contributed by atoms with E-state index in [1.54, 1.807) is 6.20 Å². The predicted molar refractivity (Wildman–Crippen MR) is 89.6 cm³/mol. The largest absolute Gasteiger partial charge is 0.489 e. The van der Waals surface area contributed by atoms with Crippen molar-refractivity contribution < 1.29 is 4.74 Å². The monoisotopic (exact) mass is 290 g/mol. The van der Waals surface area contributed by atoms with Crippen LogP contribution in [0.15, 0.2) is 66.9 Å². The van der Waals surface area contributed by atoms with E-state index >= 15 is 0 Å². The van der Waals surface area contributed by atoms with E-state index in [0.29, 0.717) is 12.3 Å². The third kappa shape index (κ3) is 3.26. The molecule has 3 aromatic rings. The van der Waals surface area contributed by atoms with Crippen LogP contribution in [0.1, 0.15) is 11.3 Å². The van der Waals surface area contributed by atoms with Crippen LogP contribution in [0.3, 0.4) is 0 Å². The molecule has 1 aromatic heterocycles. The lowest BCUT2D eigenvalue weighted by atomic mass is 10.0. The molecule has 0 amide bonds. The van der Waals surface area contributed by atoms with Gasteiger partial charge in [-0.05, 0) is 36.2 Å². The Hall–Kier alpha value is -2.81. The highest BCUT2D eigenvalue weighted by atomic mass is 16.5. The number of hydrogen-bond acceptors (Lipinski definition) is 3. The normalized spacial score (nSPS) is 10.4. The predicted octanol–water partition coefficient (Wildman–Crippen LogP) is 4.22. The first-order valence-electron chi connectivity index (χ1n) is 7.21. The molecule has 0 atom stereocenters. The minimum Gasteiger partial charge on any atom is -0.489 e. The molecule has 110 valence electrons. The second kappa shape index (κ2) is 6.31. The Morgan fingerprint density at radius 2 is 1.82 bits per heavy atom. The molecule has 0 radical (unpaired) electrons.